The van der Waals surface area contributed by atoms with Crippen molar-refractivity contribution in [3.05, 3.63) is 74.2 Å². The van der Waals surface area contributed by atoms with Crippen molar-refractivity contribution in [3.63, 3.8) is 0 Å². The average molecular weight is 446 g/mol. The fraction of sp³-hybridized carbons (Fsp3) is 0.211. The van der Waals surface area contributed by atoms with Crippen LogP contribution in [0.25, 0.3) is 0 Å². The van der Waals surface area contributed by atoms with Gasteiger partial charge in [-0.3, -0.25) is 19.7 Å². The number of carbonyl (C=O) groups excluding carboxylic acids is 1. The molecular formula is C19H16BrN3O5. The minimum Gasteiger partial charge on any atom is -0.481 e. The van der Waals surface area contributed by atoms with Gasteiger partial charge in [-0.15, -0.1) is 0 Å². The molecule has 0 aromatic heterocycles. The van der Waals surface area contributed by atoms with Crippen LogP contribution in [0.1, 0.15) is 36.4 Å². The highest BCUT2D eigenvalue weighted by atomic mass is 79.9. The zero-order valence-corrected chi connectivity index (χ0v) is 16.2. The van der Waals surface area contributed by atoms with E-state index in [1.54, 1.807) is 12.1 Å². The first-order valence-electron chi connectivity index (χ1n) is 8.47. The molecule has 1 atom stereocenters. The molecule has 9 heteroatoms. The lowest BCUT2D eigenvalue weighted by atomic mass is 9.98. The Morgan fingerprint density at radius 2 is 1.79 bits per heavy atom. The van der Waals surface area contributed by atoms with Crippen LogP contribution in [0.3, 0.4) is 0 Å². The van der Waals surface area contributed by atoms with Crippen LogP contribution in [0.4, 0.5) is 5.69 Å². The minimum absolute atomic E-state index is 0.0267. The van der Waals surface area contributed by atoms with E-state index in [9.17, 15) is 19.7 Å². The second kappa shape index (κ2) is 8.30. The lowest BCUT2D eigenvalue weighted by Crippen LogP contribution is -2.27. The van der Waals surface area contributed by atoms with Crippen molar-refractivity contribution in [3.8, 4) is 0 Å². The molecule has 0 unspecified atom stereocenters. The van der Waals surface area contributed by atoms with Gasteiger partial charge < -0.3 is 5.11 Å². The van der Waals surface area contributed by atoms with Crippen molar-refractivity contribution in [2.24, 2.45) is 5.10 Å². The van der Waals surface area contributed by atoms with Gasteiger partial charge >= 0.3 is 5.97 Å². The van der Waals surface area contributed by atoms with Crippen LogP contribution in [-0.4, -0.2) is 32.6 Å². The highest BCUT2D eigenvalue weighted by Crippen LogP contribution is 2.34. The van der Waals surface area contributed by atoms with E-state index in [2.05, 4.69) is 21.0 Å². The number of carbonyl (C=O) groups is 2. The second-order valence-corrected chi connectivity index (χ2v) is 7.17. The number of carboxylic acids is 1. The van der Waals surface area contributed by atoms with Crippen molar-refractivity contribution in [1.29, 1.82) is 0 Å². The molecule has 0 saturated heterocycles. The van der Waals surface area contributed by atoms with E-state index in [0.717, 1.165) is 10.0 Å². The highest BCUT2D eigenvalue weighted by Gasteiger charge is 2.33. The molecule has 8 nitrogen and oxygen atoms in total. The maximum absolute atomic E-state index is 12.6. The van der Waals surface area contributed by atoms with Crippen LogP contribution in [0.2, 0.25) is 0 Å². The van der Waals surface area contributed by atoms with E-state index in [4.69, 9.17) is 5.11 Å². The van der Waals surface area contributed by atoms with Gasteiger partial charge in [-0.2, -0.15) is 5.10 Å². The van der Waals surface area contributed by atoms with Gasteiger partial charge in [0.2, 0.25) is 5.91 Å². The number of benzene rings is 2. The largest absolute Gasteiger partial charge is 0.481 e. The van der Waals surface area contributed by atoms with Crippen molar-refractivity contribution >= 4 is 39.2 Å². The molecule has 0 radical (unpaired) electrons. The molecule has 1 heterocycles. The van der Waals surface area contributed by atoms with Crippen LogP contribution >= 0.6 is 15.9 Å². The third kappa shape index (κ3) is 4.42. The summed E-state index contributed by atoms with van der Waals surface area (Å²) in [5, 5.41) is 25.4. The monoisotopic (exact) mass is 445 g/mol. The van der Waals surface area contributed by atoms with E-state index in [0.29, 0.717) is 17.7 Å². The Bertz CT molecular complexity index is 941. The fourth-order valence-corrected chi connectivity index (χ4v) is 3.23. The van der Waals surface area contributed by atoms with E-state index in [1.165, 1.54) is 17.1 Å². The number of hydrogen-bond donors (Lipinski definition) is 1. The number of aliphatic carboxylic acids is 1. The number of nitro benzene ring substituents is 1. The molecule has 1 aliphatic heterocycles. The lowest BCUT2D eigenvalue weighted by molar-refractivity contribution is -0.384. The zero-order chi connectivity index (χ0) is 20.3. The van der Waals surface area contributed by atoms with Gasteiger partial charge in [0.1, 0.15) is 0 Å². The van der Waals surface area contributed by atoms with Gasteiger partial charge in [0.05, 0.1) is 23.1 Å². The first-order chi connectivity index (χ1) is 13.3. The molecular weight excluding hydrogens is 430 g/mol. The number of nitrogens with zero attached hydrogens (tertiary/aromatic N) is 3. The lowest BCUT2D eigenvalue weighted by Gasteiger charge is -2.22. The minimum atomic E-state index is -1.05. The van der Waals surface area contributed by atoms with E-state index < -0.39 is 10.9 Å². The molecule has 1 amide bonds. The summed E-state index contributed by atoms with van der Waals surface area (Å²) in [4.78, 5) is 33.7. The number of non-ortho nitro benzene ring substituents is 1. The van der Waals surface area contributed by atoms with Gasteiger partial charge in [-0.1, -0.05) is 28.1 Å². The topological polar surface area (TPSA) is 113 Å². The predicted molar refractivity (Wildman–Crippen MR) is 105 cm³/mol. The second-order valence-electron chi connectivity index (χ2n) is 6.25. The fourth-order valence-electron chi connectivity index (χ4n) is 2.96. The Morgan fingerprint density at radius 1 is 1.14 bits per heavy atom. The van der Waals surface area contributed by atoms with Crippen molar-refractivity contribution in [2.75, 3.05) is 0 Å². The highest BCUT2D eigenvalue weighted by molar-refractivity contribution is 9.10. The molecule has 2 aromatic rings. The maximum atomic E-state index is 12.6. The Morgan fingerprint density at radius 3 is 2.36 bits per heavy atom. The summed E-state index contributed by atoms with van der Waals surface area (Å²) < 4.78 is 0.898. The third-order valence-corrected chi connectivity index (χ3v) is 4.91. The van der Waals surface area contributed by atoms with Gasteiger partial charge in [-0.25, -0.2) is 5.01 Å². The number of hydrogen-bond acceptors (Lipinski definition) is 5. The first kappa shape index (κ1) is 19.7. The van der Waals surface area contributed by atoms with E-state index in [1.807, 2.05) is 24.3 Å². The first-order valence-corrected chi connectivity index (χ1v) is 9.26. The van der Waals surface area contributed by atoms with Crippen molar-refractivity contribution in [2.45, 2.75) is 25.3 Å². The molecule has 0 aliphatic carbocycles. The summed E-state index contributed by atoms with van der Waals surface area (Å²) in [6.45, 7) is 0. The molecule has 0 bridgehead atoms. The quantitative estimate of drug-likeness (QED) is 0.534. The summed E-state index contributed by atoms with van der Waals surface area (Å²) in [6.07, 6.45) is 0.00241. The SMILES string of the molecule is O=C(O)CCC(=O)N1N=C(c2ccc([N+](=O)[O-])cc2)C[C@H]1c1ccc(Br)cc1. The predicted octanol–water partition coefficient (Wildman–Crippen LogP) is 3.90. The number of carboxylic acid groups (broad SMARTS) is 1. The van der Waals surface area contributed by atoms with Crippen LogP contribution in [-0.2, 0) is 9.59 Å². The summed E-state index contributed by atoms with van der Waals surface area (Å²) in [6, 6.07) is 13.1. The Kier molecular flexibility index (Phi) is 5.84. The van der Waals surface area contributed by atoms with Crippen LogP contribution in [0, 0.1) is 10.1 Å². The molecule has 28 heavy (non-hydrogen) atoms. The molecule has 1 N–H and O–H groups in total. The van der Waals surface area contributed by atoms with Gasteiger partial charge in [0.25, 0.3) is 5.69 Å². The molecule has 0 fully saturated rings. The number of nitro groups is 1. The summed E-state index contributed by atoms with van der Waals surface area (Å²) in [5.74, 6) is -1.43. The molecule has 144 valence electrons. The van der Waals surface area contributed by atoms with Gasteiger partial charge in [-0.05, 0) is 35.4 Å². The molecule has 3 rings (SSSR count). The normalized spacial score (nSPS) is 16.0. The van der Waals surface area contributed by atoms with Gasteiger partial charge in [0.15, 0.2) is 0 Å². The smallest absolute Gasteiger partial charge is 0.303 e. The maximum Gasteiger partial charge on any atom is 0.303 e. The van der Waals surface area contributed by atoms with E-state index >= 15 is 0 Å². The van der Waals surface area contributed by atoms with Crippen LogP contribution in [0.5, 0.6) is 0 Å². The molecule has 0 spiro atoms. The molecule has 0 saturated carbocycles. The zero-order valence-electron chi connectivity index (χ0n) is 14.6. The molecule has 2 aromatic carbocycles. The van der Waals surface area contributed by atoms with Crippen LogP contribution < -0.4 is 0 Å². The number of halogens is 1. The number of hydrazone groups is 1. The Labute approximate surface area is 168 Å². The number of rotatable bonds is 6. The van der Waals surface area contributed by atoms with Crippen LogP contribution in [0.15, 0.2) is 58.1 Å². The van der Waals surface area contributed by atoms with Gasteiger partial charge in [0, 0.05) is 29.4 Å². The molecule has 1 aliphatic rings. The summed E-state index contributed by atoms with van der Waals surface area (Å²) in [7, 11) is 0. The van der Waals surface area contributed by atoms with Crippen molar-refractivity contribution < 1.29 is 19.6 Å². The third-order valence-electron chi connectivity index (χ3n) is 4.38. The summed E-state index contributed by atoms with van der Waals surface area (Å²) in [5.41, 5.74) is 2.14. The Balaban J connectivity index is 1.89. The summed E-state index contributed by atoms with van der Waals surface area (Å²) >= 11 is 3.38. The number of amides is 1. The average Bonchev–Trinajstić information content (AvgIpc) is 3.12. The Hall–Kier alpha value is -3.07. The van der Waals surface area contributed by atoms with Crippen molar-refractivity contribution in [1.82, 2.24) is 5.01 Å². The standard InChI is InChI=1S/C19H16BrN3O5/c20-14-5-1-13(2-6-14)17-11-16(12-3-7-15(8-4-12)23(27)28)21-22(17)18(24)9-10-19(25)26/h1-8,17H,9-11H2,(H,25,26)/t17-/m0/s1. The van der Waals surface area contributed by atoms with E-state index in [-0.39, 0.29) is 30.5 Å².